The minimum atomic E-state index is -0.456. The molecule has 0 aliphatic carbocycles. The third-order valence-corrected chi connectivity index (χ3v) is 2.50. The first-order valence-corrected chi connectivity index (χ1v) is 5.31. The van der Waals surface area contributed by atoms with Gasteiger partial charge in [0.15, 0.2) is 0 Å². The van der Waals surface area contributed by atoms with Crippen molar-refractivity contribution in [3.63, 3.8) is 0 Å². The molecule has 0 radical (unpaired) electrons. The third kappa shape index (κ3) is 2.89. The van der Waals surface area contributed by atoms with Gasteiger partial charge in [-0.05, 0) is 33.1 Å². The van der Waals surface area contributed by atoms with Crippen LogP contribution >= 0.6 is 0 Å². The largest absolute Gasteiger partial charge is 0.444 e. The highest BCUT2D eigenvalue weighted by Gasteiger charge is 2.35. The van der Waals surface area contributed by atoms with Crippen molar-refractivity contribution in [1.82, 2.24) is 4.90 Å². The van der Waals surface area contributed by atoms with Gasteiger partial charge in [-0.1, -0.05) is 12.8 Å². The van der Waals surface area contributed by atoms with Gasteiger partial charge in [-0.3, -0.25) is 4.90 Å². The molecule has 0 aromatic carbocycles. The van der Waals surface area contributed by atoms with Gasteiger partial charge in [-0.15, -0.1) is 6.42 Å². The Hall–Kier alpha value is -1.17. The Labute approximate surface area is 91.8 Å². The van der Waals surface area contributed by atoms with E-state index >= 15 is 0 Å². The summed E-state index contributed by atoms with van der Waals surface area (Å²) in [6, 6.07) is -0.111. The SMILES string of the molecule is C#CC1C(C)CCN1C(=O)OC(C)(C)C. The first kappa shape index (κ1) is 11.9. The van der Waals surface area contributed by atoms with Crippen molar-refractivity contribution in [3.05, 3.63) is 0 Å². The molecule has 1 aliphatic heterocycles. The zero-order valence-corrected chi connectivity index (χ0v) is 9.91. The maximum absolute atomic E-state index is 11.8. The number of hydrogen-bond acceptors (Lipinski definition) is 2. The second-order valence-corrected chi connectivity index (χ2v) is 5.05. The lowest BCUT2D eigenvalue weighted by molar-refractivity contribution is 0.0251. The van der Waals surface area contributed by atoms with Crippen LogP contribution in [0, 0.1) is 18.3 Å². The average Bonchev–Trinajstić information content (AvgIpc) is 2.43. The topological polar surface area (TPSA) is 29.5 Å². The molecule has 1 aliphatic rings. The number of ether oxygens (including phenoxy) is 1. The molecule has 1 rings (SSSR count). The lowest BCUT2D eigenvalue weighted by Crippen LogP contribution is -2.40. The highest BCUT2D eigenvalue weighted by atomic mass is 16.6. The van der Waals surface area contributed by atoms with Crippen LogP contribution in [0.5, 0.6) is 0 Å². The number of nitrogens with zero attached hydrogens (tertiary/aromatic N) is 1. The lowest BCUT2D eigenvalue weighted by Gasteiger charge is -2.27. The van der Waals surface area contributed by atoms with Crippen LogP contribution in [0.2, 0.25) is 0 Å². The summed E-state index contributed by atoms with van der Waals surface area (Å²) in [5.41, 5.74) is -0.456. The van der Waals surface area contributed by atoms with Crippen LogP contribution in [0.25, 0.3) is 0 Å². The summed E-state index contributed by atoms with van der Waals surface area (Å²) in [7, 11) is 0. The Morgan fingerprint density at radius 3 is 2.60 bits per heavy atom. The summed E-state index contributed by atoms with van der Waals surface area (Å²) in [4.78, 5) is 13.4. The fraction of sp³-hybridized carbons (Fsp3) is 0.750. The molecule has 84 valence electrons. The van der Waals surface area contributed by atoms with Gasteiger partial charge in [0.1, 0.15) is 5.60 Å². The number of terminal acetylenes is 1. The molecule has 0 bridgehead atoms. The van der Waals surface area contributed by atoms with Crippen molar-refractivity contribution in [2.24, 2.45) is 5.92 Å². The Bertz CT molecular complexity index is 285. The maximum Gasteiger partial charge on any atom is 0.411 e. The van der Waals surface area contributed by atoms with Gasteiger partial charge in [-0.25, -0.2) is 4.79 Å². The van der Waals surface area contributed by atoms with Gasteiger partial charge in [0.05, 0.1) is 6.04 Å². The molecule has 0 saturated carbocycles. The van der Waals surface area contributed by atoms with Crippen LogP contribution in [0.15, 0.2) is 0 Å². The van der Waals surface area contributed by atoms with Crippen molar-refractivity contribution in [2.75, 3.05) is 6.54 Å². The molecule has 15 heavy (non-hydrogen) atoms. The molecule has 1 heterocycles. The molecular weight excluding hydrogens is 190 g/mol. The van der Waals surface area contributed by atoms with Crippen LogP contribution in [-0.2, 0) is 4.74 Å². The van der Waals surface area contributed by atoms with Crippen LogP contribution in [0.4, 0.5) is 4.79 Å². The Balaban J connectivity index is 2.65. The molecule has 1 saturated heterocycles. The Morgan fingerprint density at radius 1 is 1.53 bits per heavy atom. The van der Waals surface area contributed by atoms with Gasteiger partial charge < -0.3 is 4.74 Å². The van der Waals surface area contributed by atoms with Crippen LogP contribution < -0.4 is 0 Å². The summed E-state index contributed by atoms with van der Waals surface area (Å²) < 4.78 is 5.29. The van der Waals surface area contributed by atoms with E-state index in [2.05, 4.69) is 12.8 Å². The number of rotatable bonds is 0. The van der Waals surface area contributed by atoms with Crippen LogP contribution in [0.1, 0.15) is 34.1 Å². The molecule has 0 spiro atoms. The molecular formula is C12H19NO2. The number of amides is 1. The van der Waals surface area contributed by atoms with Crippen molar-refractivity contribution in [3.8, 4) is 12.3 Å². The van der Waals surface area contributed by atoms with E-state index in [9.17, 15) is 4.79 Å². The highest BCUT2D eigenvalue weighted by molar-refractivity contribution is 5.69. The summed E-state index contributed by atoms with van der Waals surface area (Å²) in [6.07, 6.45) is 6.07. The molecule has 0 N–H and O–H groups in total. The summed E-state index contributed by atoms with van der Waals surface area (Å²) in [5, 5.41) is 0. The van der Waals surface area contributed by atoms with Crippen molar-refractivity contribution < 1.29 is 9.53 Å². The number of carbonyl (C=O) groups is 1. The second kappa shape index (κ2) is 4.14. The molecule has 2 unspecified atom stereocenters. The van der Waals surface area contributed by atoms with E-state index < -0.39 is 5.60 Å². The zero-order chi connectivity index (χ0) is 11.6. The second-order valence-electron chi connectivity index (χ2n) is 5.05. The van der Waals surface area contributed by atoms with Crippen LogP contribution in [0.3, 0.4) is 0 Å². The monoisotopic (exact) mass is 209 g/mol. The first-order valence-electron chi connectivity index (χ1n) is 5.31. The summed E-state index contributed by atoms with van der Waals surface area (Å²) in [5.74, 6) is 3.02. The van der Waals surface area contributed by atoms with E-state index in [0.29, 0.717) is 12.5 Å². The minimum absolute atomic E-state index is 0.111. The Morgan fingerprint density at radius 2 is 2.13 bits per heavy atom. The fourth-order valence-corrected chi connectivity index (χ4v) is 1.73. The average molecular weight is 209 g/mol. The van der Waals surface area contributed by atoms with Crippen molar-refractivity contribution >= 4 is 6.09 Å². The molecule has 1 fully saturated rings. The van der Waals surface area contributed by atoms with Gasteiger partial charge in [-0.2, -0.15) is 0 Å². The van der Waals surface area contributed by atoms with E-state index in [1.807, 2.05) is 20.8 Å². The Kier molecular flexibility index (Phi) is 3.28. The minimum Gasteiger partial charge on any atom is -0.444 e. The normalized spacial score (nSPS) is 26.2. The van der Waals surface area contributed by atoms with E-state index in [4.69, 9.17) is 11.2 Å². The van der Waals surface area contributed by atoms with E-state index in [1.165, 1.54) is 0 Å². The van der Waals surface area contributed by atoms with Gasteiger partial charge in [0.25, 0.3) is 0 Å². The number of carbonyl (C=O) groups excluding carboxylic acids is 1. The first-order chi connectivity index (χ1) is 6.85. The molecule has 1 amide bonds. The molecule has 3 nitrogen and oxygen atoms in total. The standard InChI is InChI=1S/C12H19NO2/c1-6-10-9(2)7-8-13(10)11(14)15-12(3,4)5/h1,9-10H,7-8H2,2-5H3. The van der Waals surface area contributed by atoms with E-state index in [1.54, 1.807) is 4.90 Å². The lowest BCUT2D eigenvalue weighted by atomic mass is 10.0. The summed E-state index contributed by atoms with van der Waals surface area (Å²) >= 11 is 0. The summed E-state index contributed by atoms with van der Waals surface area (Å²) in [6.45, 7) is 8.33. The van der Waals surface area contributed by atoms with Gasteiger partial charge in [0, 0.05) is 6.54 Å². The van der Waals surface area contributed by atoms with Gasteiger partial charge >= 0.3 is 6.09 Å². The molecule has 0 aromatic heterocycles. The third-order valence-electron chi connectivity index (χ3n) is 2.50. The van der Waals surface area contributed by atoms with Crippen molar-refractivity contribution in [2.45, 2.75) is 45.8 Å². The highest BCUT2D eigenvalue weighted by Crippen LogP contribution is 2.25. The zero-order valence-electron chi connectivity index (χ0n) is 9.91. The van der Waals surface area contributed by atoms with Crippen molar-refractivity contribution in [1.29, 1.82) is 0 Å². The maximum atomic E-state index is 11.8. The predicted octanol–water partition coefficient (Wildman–Crippen LogP) is 2.27. The number of hydrogen-bond donors (Lipinski definition) is 0. The molecule has 2 atom stereocenters. The smallest absolute Gasteiger partial charge is 0.411 e. The number of likely N-dealkylation sites (tertiary alicyclic amines) is 1. The van der Waals surface area contributed by atoms with Crippen LogP contribution in [-0.4, -0.2) is 29.2 Å². The van der Waals surface area contributed by atoms with E-state index in [0.717, 1.165) is 6.42 Å². The fourth-order valence-electron chi connectivity index (χ4n) is 1.73. The van der Waals surface area contributed by atoms with Gasteiger partial charge in [0.2, 0.25) is 0 Å². The van der Waals surface area contributed by atoms with E-state index in [-0.39, 0.29) is 12.1 Å². The molecule has 3 heteroatoms. The molecule has 0 aromatic rings. The predicted molar refractivity (Wildman–Crippen MR) is 59.3 cm³/mol. The quantitative estimate of drug-likeness (QED) is 0.573.